The summed E-state index contributed by atoms with van der Waals surface area (Å²) < 4.78 is 3.13. The van der Waals surface area contributed by atoms with E-state index in [2.05, 4.69) is 20.5 Å². The molecule has 28 heavy (non-hydrogen) atoms. The number of hydrogen-bond donors (Lipinski definition) is 1. The fourth-order valence-corrected chi connectivity index (χ4v) is 3.16. The Hall–Kier alpha value is -3.75. The van der Waals surface area contributed by atoms with Crippen molar-refractivity contribution in [1.29, 1.82) is 0 Å². The van der Waals surface area contributed by atoms with Crippen molar-refractivity contribution >= 4 is 17.3 Å². The predicted octanol–water partition coefficient (Wildman–Crippen LogP) is 3.61. The highest BCUT2D eigenvalue weighted by atomic mass is 16.6. The maximum Gasteiger partial charge on any atom is 0.368 e. The maximum atomic E-state index is 11.1. The van der Waals surface area contributed by atoms with Crippen molar-refractivity contribution in [3.8, 4) is 5.69 Å². The number of aryl methyl sites for hydroxylation is 2. The van der Waals surface area contributed by atoms with Gasteiger partial charge in [0.1, 0.15) is 6.20 Å². The Labute approximate surface area is 160 Å². The van der Waals surface area contributed by atoms with Gasteiger partial charge in [-0.25, -0.2) is 9.67 Å². The molecule has 0 aliphatic rings. The van der Waals surface area contributed by atoms with Gasteiger partial charge in [0.2, 0.25) is 5.65 Å². The first kappa shape index (κ1) is 17.7. The highest BCUT2D eigenvalue weighted by Crippen LogP contribution is 2.21. The molecule has 0 aliphatic carbocycles. The van der Waals surface area contributed by atoms with Crippen molar-refractivity contribution in [3.63, 3.8) is 0 Å². The smallest absolute Gasteiger partial charge is 0.360 e. The molecule has 0 aliphatic heterocycles. The van der Waals surface area contributed by atoms with Crippen LogP contribution in [0.3, 0.4) is 0 Å². The molecule has 9 nitrogen and oxygen atoms in total. The van der Waals surface area contributed by atoms with E-state index >= 15 is 0 Å². The van der Waals surface area contributed by atoms with Crippen LogP contribution in [-0.2, 0) is 0 Å². The number of rotatable bonds is 5. The highest BCUT2D eigenvalue weighted by Gasteiger charge is 2.17. The second-order valence-corrected chi connectivity index (χ2v) is 6.66. The van der Waals surface area contributed by atoms with Gasteiger partial charge in [-0.3, -0.25) is 0 Å². The number of benzene rings is 1. The molecule has 0 saturated carbocycles. The maximum absolute atomic E-state index is 11.1. The Morgan fingerprint density at radius 1 is 1.11 bits per heavy atom. The molecule has 0 radical (unpaired) electrons. The molecule has 3 aromatic heterocycles. The van der Waals surface area contributed by atoms with Crippen molar-refractivity contribution in [2.75, 3.05) is 5.32 Å². The van der Waals surface area contributed by atoms with Crippen LogP contribution < -0.4 is 5.32 Å². The monoisotopic (exact) mass is 377 g/mol. The van der Waals surface area contributed by atoms with Gasteiger partial charge in [-0.2, -0.15) is 5.10 Å². The molecule has 142 valence electrons. The number of nitrogens with zero attached hydrogens (tertiary/aromatic N) is 6. The standard InChI is InChI=1S/C19H19N7O2/c1-12-10-13(2)24(22-12)16-6-4-15(5-7-16)14(3)21-17-8-9-18-20-11-19(26(27)28)25(18)23-17/h4-11,14H,1-3H3,(H,21,23). The normalized spacial score (nSPS) is 12.2. The molecule has 1 atom stereocenters. The van der Waals surface area contributed by atoms with Crippen LogP contribution in [0.25, 0.3) is 11.3 Å². The molecule has 4 rings (SSSR count). The summed E-state index contributed by atoms with van der Waals surface area (Å²) in [6.07, 6.45) is 1.20. The van der Waals surface area contributed by atoms with Crippen molar-refractivity contribution in [2.24, 2.45) is 0 Å². The van der Waals surface area contributed by atoms with Crippen molar-refractivity contribution in [3.05, 3.63) is 75.7 Å². The van der Waals surface area contributed by atoms with Gasteiger partial charge < -0.3 is 15.4 Å². The Bertz CT molecular complexity index is 1160. The van der Waals surface area contributed by atoms with E-state index < -0.39 is 4.92 Å². The van der Waals surface area contributed by atoms with Crippen LogP contribution in [-0.4, -0.2) is 29.3 Å². The van der Waals surface area contributed by atoms with Gasteiger partial charge in [0, 0.05) is 11.8 Å². The van der Waals surface area contributed by atoms with Gasteiger partial charge in [0.25, 0.3) is 0 Å². The molecule has 1 N–H and O–H groups in total. The fourth-order valence-electron chi connectivity index (χ4n) is 3.16. The lowest BCUT2D eigenvalue weighted by atomic mass is 10.1. The van der Waals surface area contributed by atoms with Gasteiger partial charge in [0.15, 0.2) is 5.82 Å². The van der Waals surface area contributed by atoms with E-state index in [1.165, 1.54) is 10.7 Å². The minimum Gasteiger partial charge on any atom is -0.360 e. The molecule has 9 heteroatoms. The van der Waals surface area contributed by atoms with E-state index in [1.807, 2.05) is 55.8 Å². The first-order valence-corrected chi connectivity index (χ1v) is 8.81. The molecule has 0 bridgehead atoms. The zero-order valence-corrected chi connectivity index (χ0v) is 15.7. The van der Waals surface area contributed by atoms with E-state index in [1.54, 1.807) is 12.1 Å². The Morgan fingerprint density at radius 3 is 2.50 bits per heavy atom. The number of nitrogens with one attached hydrogen (secondary N) is 1. The minimum atomic E-state index is -0.502. The number of fused-ring (bicyclic) bond motifs is 1. The van der Waals surface area contributed by atoms with Gasteiger partial charge in [0.05, 0.1) is 17.4 Å². The van der Waals surface area contributed by atoms with Crippen molar-refractivity contribution in [2.45, 2.75) is 26.8 Å². The van der Waals surface area contributed by atoms with E-state index in [4.69, 9.17) is 0 Å². The quantitative estimate of drug-likeness (QED) is 0.421. The zero-order valence-electron chi connectivity index (χ0n) is 15.7. The molecule has 0 spiro atoms. The largest absolute Gasteiger partial charge is 0.368 e. The summed E-state index contributed by atoms with van der Waals surface area (Å²) in [6, 6.07) is 13.5. The van der Waals surface area contributed by atoms with E-state index in [9.17, 15) is 10.1 Å². The molecule has 1 unspecified atom stereocenters. The predicted molar refractivity (Wildman–Crippen MR) is 105 cm³/mol. The average molecular weight is 377 g/mol. The Balaban J connectivity index is 1.56. The number of imidazole rings is 1. The number of anilines is 1. The number of aromatic nitrogens is 5. The average Bonchev–Trinajstić information content (AvgIpc) is 3.24. The van der Waals surface area contributed by atoms with Crippen LogP contribution in [0, 0.1) is 24.0 Å². The number of nitro groups is 1. The molecule has 1 aromatic carbocycles. The second-order valence-electron chi connectivity index (χ2n) is 6.66. The number of hydrogen-bond acceptors (Lipinski definition) is 6. The molecule has 0 amide bonds. The third-order valence-corrected chi connectivity index (χ3v) is 4.54. The van der Waals surface area contributed by atoms with Gasteiger partial charge in [-0.05, 0) is 55.5 Å². The lowest BCUT2D eigenvalue weighted by Gasteiger charge is -2.15. The summed E-state index contributed by atoms with van der Waals surface area (Å²) in [7, 11) is 0. The SMILES string of the molecule is Cc1cc(C)n(-c2ccc(C(C)Nc3ccc4ncc([N+](=O)[O-])n4n3)cc2)n1. The Morgan fingerprint density at radius 2 is 1.86 bits per heavy atom. The lowest BCUT2D eigenvalue weighted by molar-refractivity contribution is -0.391. The van der Waals surface area contributed by atoms with E-state index in [-0.39, 0.29) is 11.9 Å². The van der Waals surface area contributed by atoms with E-state index in [0.717, 1.165) is 22.6 Å². The zero-order chi connectivity index (χ0) is 19.8. The summed E-state index contributed by atoms with van der Waals surface area (Å²) in [6.45, 7) is 6.00. The highest BCUT2D eigenvalue weighted by molar-refractivity contribution is 5.49. The molecule has 3 heterocycles. The third-order valence-electron chi connectivity index (χ3n) is 4.54. The van der Waals surface area contributed by atoms with Crippen LogP contribution in [0.5, 0.6) is 0 Å². The molecule has 0 saturated heterocycles. The van der Waals surface area contributed by atoms with Crippen LogP contribution in [0.15, 0.2) is 48.7 Å². The summed E-state index contributed by atoms with van der Waals surface area (Å²) >= 11 is 0. The first-order valence-electron chi connectivity index (χ1n) is 8.81. The summed E-state index contributed by atoms with van der Waals surface area (Å²) in [5.41, 5.74) is 4.55. The van der Waals surface area contributed by atoms with Crippen molar-refractivity contribution < 1.29 is 4.92 Å². The topological polar surface area (TPSA) is 103 Å². The molecular weight excluding hydrogens is 358 g/mol. The molecule has 4 aromatic rings. The molecular formula is C19H19N7O2. The van der Waals surface area contributed by atoms with Gasteiger partial charge in [-0.15, -0.1) is 0 Å². The summed E-state index contributed by atoms with van der Waals surface area (Å²) in [5.74, 6) is 0.365. The van der Waals surface area contributed by atoms with E-state index in [0.29, 0.717) is 11.5 Å². The van der Waals surface area contributed by atoms with Crippen LogP contribution in [0.2, 0.25) is 0 Å². The first-order chi connectivity index (χ1) is 13.4. The minimum absolute atomic E-state index is 0.0398. The van der Waals surface area contributed by atoms with Crippen LogP contribution in [0.1, 0.15) is 29.9 Å². The van der Waals surface area contributed by atoms with Gasteiger partial charge >= 0.3 is 5.82 Å². The summed E-state index contributed by atoms with van der Waals surface area (Å²) in [4.78, 5) is 14.6. The van der Waals surface area contributed by atoms with Crippen LogP contribution >= 0.6 is 0 Å². The summed E-state index contributed by atoms with van der Waals surface area (Å²) in [5, 5.41) is 23.1. The second kappa shape index (κ2) is 6.76. The fraction of sp³-hybridized carbons (Fsp3) is 0.211. The molecule has 0 fully saturated rings. The van der Waals surface area contributed by atoms with Gasteiger partial charge in [-0.1, -0.05) is 21.7 Å². The van der Waals surface area contributed by atoms with Crippen molar-refractivity contribution in [1.82, 2.24) is 24.4 Å². The third kappa shape index (κ3) is 3.18. The Kier molecular flexibility index (Phi) is 4.26. The van der Waals surface area contributed by atoms with Crippen LogP contribution in [0.4, 0.5) is 11.6 Å². The lowest BCUT2D eigenvalue weighted by Crippen LogP contribution is -2.10.